The van der Waals surface area contributed by atoms with Crippen molar-refractivity contribution in [3.63, 3.8) is 0 Å². The zero-order valence-electron chi connectivity index (χ0n) is 15.1. The standard InChI is InChI=1S/C20H23NO4S/c1-24-13-16-7-10-18(25-16)20(23)21-11-3-4-15(12-21)19(22)14-5-8-17(26-2)9-6-14/h5-10,15H,3-4,11-13H2,1-2H3/t15-/m0/s1. The normalized spacial score (nSPS) is 17.3. The number of benzene rings is 1. The van der Waals surface area contributed by atoms with Crippen molar-refractivity contribution in [3.05, 3.63) is 53.5 Å². The highest BCUT2D eigenvalue weighted by molar-refractivity contribution is 7.98. The Bertz CT molecular complexity index is 768. The predicted octanol–water partition coefficient (Wildman–Crippen LogP) is 3.88. The van der Waals surface area contributed by atoms with E-state index in [1.165, 1.54) is 0 Å². The van der Waals surface area contributed by atoms with E-state index in [9.17, 15) is 9.59 Å². The predicted molar refractivity (Wildman–Crippen MR) is 101 cm³/mol. The average molecular weight is 373 g/mol. The maximum atomic E-state index is 12.8. The van der Waals surface area contributed by atoms with Crippen LogP contribution < -0.4 is 0 Å². The Labute approximate surface area is 157 Å². The van der Waals surface area contributed by atoms with Crippen molar-refractivity contribution >= 4 is 23.5 Å². The van der Waals surface area contributed by atoms with Crippen molar-refractivity contribution in [2.24, 2.45) is 5.92 Å². The number of furan rings is 1. The Hall–Kier alpha value is -2.05. The van der Waals surface area contributed by atoms with Crippen LogP contribution in [-0.2, 0) is 11.3 Å². The van der Waals surface area contributed by atoms with Crippen molar-refractivity contribution in [2.75, 3.05) is 26.5 Å². The number of nitrogens with zero attached hydrogens (tertiary/aromatic N) is 1. The second-order valence-corrected chi connectivity index (χ2v) is 7.26. The van der Waals surface area contributed by atoms with E-state index in [1.807, 2.05) is 30.5 Å². The van der Waals surface area contributed by atoms with E-state index < -0.39 is 0 Å². The van der Waals surface area contributed by atoms with Crippen molar-refractivity contribution in [3.8, 4) is 0 Å². The van der Waals surface area contributed by atoms with Gasteiger partial charge in [-0.15, -0.1) is 11.8 Å². The molecule has 1 fully saturated rings. The number of likely N-dealkylation sites (tertiary alicyclic amines) is 1. The molecule has 3 rings (SSSR count). The third kappa shape index (κ3) is 4.19. The summed E-state index contributed by atoms with van der Waals surface area (Å²) in [7, 11) is 1.58. The first-order chi connectivity index (χ1) is 12.6. The lowest BCUT2D eigenvalue weighted by Crippen LogP contribution is -2.42. The molecule has 1 aliphatic heterocycles. The Morgan fingerprint density at radius 1 is 1.23 bits per heavy atom. The molecule has 1 aliphatic rings. The number of hydrogen-bond donors (Lipinski definition) is 0. The van der Waals surface area contributed by atoms with Gasteiger partial charge in [-0.1, -0.05) is 12.1 Å². The van der Waals surface area contributed by atoms with E-state index in [-0.39, 0.29) is 17.6 Å². The van der Waals surface area contributed by atoms with Gasteiger partial charge in [-0.2, -0.15) is 0 Å². The van der Waals surface area contributed by atoms with Crippen LogP contribution in [0.2, 0.25) is 0 Å². The van der Waals surface area contributed by atoms with Crippen LogP contribution in [0.15, 0.2) is 45.7 Å². The molecule has 0 aliphatic carbocycles. The van der Waals surface area contributed by atoms with Gasteiger partial charge >= 0.3 is 0 Å². The highest BCUT2D eigenvalue weighted by Gasteiger charge is 2.30. The van der Waals surface area contributed by atoms with E-state index >= 15 is 0 Å². The van der Waals surface area contributed by atoms with Crippen molar-refractivity contribution in [2.45, 2.75) is 24.3 Å². The van der Waals surface area contributed by atoms with Crippen LogP contribution in [-0.4, -0.2) is 43.0 Å². The smallest absolute Gasteiger partial charge is 0.289 e. The lowest BCUT2D eigenvalue weighted by atomic mass is 9.90. The fraction of sp³-hybridized carbons (Fsp3) is 0.400. The van der Waals surface area contributed by atoms with Gasteiger partial charge in [-0.3, -0.25) is 9.59 Å². The molecular weight excluding hydrogens is 350 g/mol. The number of carbonyl (C=O) groups is 2. The van der Waals surface area contributed by atoms with Gasteiger partial charge in [0.1, 0.15) is 12.4 Å². The molecule has 138 valence electrons. The highest BCUT2D eigenvalue weighted by atomic mass is 32.2. The number of thioether (sulfide) groups is 1. The van der Waals surface area contributed by atoms with Gasteiger partial charge in [0.05, 0.1) is 0 Å². The molecule has 26 heavy (non-hydrogen) atoms. The minimum atomic E-state index is -0.166. The van der Waals surface area contributed by atoms with Gasteiger partial charge in [-0.25, -0.2) is 0 Å². The summed E-state index contributed by atoms with van der Waals surface area (Å²) in [5, 5.41) is 0. The Morgan fingerprint density at radius 2 is 2.00 bits per heavy atom. The molecule has 0 saturated carbocycles. The Balaban J connectivity index is 1.67. The van der Waals surface area contributed by atoms with E-state index in [1.54, 1.807) is 35.9 Å². The minimum Gasteiger partial charge on any atom is -0.453 e. The maximum absolute atomic E-state index is 12.8. The third-order valence-electron chi connectivity index (χ3n) is 4.61. The Kier molecular flexibility index (Phi) is 6.16. The van der Waals surface area contributed by atoms with Crippen LogP contribution in [0.5, 0.6) is 0 Å². The summed E-state index contributed by atoms with van der Waals surface area (Å²) in [6.45, 7) is 1.41. The molecule has 0 bridgehead atoms. The topological polar surface area (TPSA) is 59.8 Å². The zero-order chi connectivity index (χ0) is 18.5. The molecule has 0 N–H and O–H groups in total. The number of Topliss-reactive ketones (excluding diaryl/α,β-unsaturated/α-hetero) is 1. The monoisotopic (exact) mass is 373 g/mol. The molecule has 6 heteroatoms. The minimum absolute atomic E-state index is 0.106. The summed E-state index contributed by atoms with van der Waals surface area (Å²) in [5.74, 6) is 0.697. The Morgan fingerprint density at radius 3 is 2.69 bits per heavy atom. The molecule has 1 amide bonds. The van der Waals surface area contributed by atoms with Crippen LogP contribution >= 0.6 is 11.8 Å². The largest absolute Gasteiger partial charge is 0.453 e. The van der Waals surface area contributed by atoms with Crippen LogP contribution in [0.3, 0.4) is 0 Å². The number of piperidine rings is 1. The summed E-state index contributed by atoms with van der Waals surface area (Å²) >= 11 is 1.65. The molecule has 2 heterocycles. The molecular formula is C20H23NO4S. The summed E-state index contributed by atoms with van der Waals surface area (Å²) in [6.07, 6.45) is 3.63. The number of ketones is 1. The first kappa shape index (κ1) is 18.7. The van der Waals surface area contributed by atoms with E-state index in [0.717, 1.165) is 17.7 Å². The molecule has 1 atom stereocenters. The van der Waals surface area contributed by atoms with Gasteiger partial charge in [0.15, 0.2) is 11.5 Å². The number of carbonyl (C=O) groups excluding carboxylic acids is 2. The number of amides is 1. The quantitative estimate of drug-likeness (QED) is 0.568. The molecule has 0 spiro atoms. The molecule has 1 aromatic carbocycles. The molecule has 1 saturated heterocycles. The number of ether oxygens (including phenoxy) is 1. The summed E-state index contributed by atoms with van der Waals surface area (Å²) in [4.78, 5) is 28.3. The van der Waals surface area contributed by atoms with Gasteiger partial charge < -0.3 is 14.1 Å². The van der Waals surface area contributed by atoms with Crippen molar-refractivity contribution < 1.29 is 18.7 Å². The number of methoxy groups -OCH3 is 1. The zero-order valence-corrected chi connectivity index (χ0v) is 15.9. The van der Waals surface area contributed by atoms with Crippen LogP contribution in [0.1, 0.15) is 39.5 Å². The van der Waals surface area contributed by atoms with Gasteiger partial charge in [0.2, 0.25) is 0 Å². The fourth-order valence-corrected chi connectivity index (χ4v) is 3.64. The average Bonchev–Trinajstić information content (AvgIpc) is 3.16. The van der Waals surface area contributed by atoms with Crippen LogP contribution in [0.4, 0.5) is 0 Å². The van der Waals surface area contributed by atoms with E-state index in [0.29, 0.717) is 36.8 Å². The summed E-state index contributed by atoms with van der Waals surface area (Å²) < 4.78 is 10.6. The molecule has 0 radical (unpaired) electrons. The first-order valence-electron chi connectivity index (χ1n) is 8.67. The van der Waals surface area contributed by atoms with E-state index in [2.05, 4.69) is 0 Å². The van der Waals surface area contributed by atoms with E-state index in [4.69, 9.17) is 9.15 Å². The lowest BCUT2D eigenvalue weighted by molar-refractivity contribution is 0.0605. The SMILES string of the molecule is COCc1ccc(C(=O)N2CCC[C@H](C(=O)c3ccc(SC)cc3)C2)o1. The van der Waals surface area contributed by atoms with Crippen LogP contribution in [0.25, 0.3) is 0 Å². The first-order valence-corrected chi connectivity index (χ1v) is 9.90. The lowest BCUT2D eigenvalue weighted by Gasteiger charge is -2.31. The fourth-order valence-electron chi connectivity index (χ4n) is 3.24. The molecule has 2 aromatic rings. The number of rotatable bonds is 6. The number of hydrogen-bond acceptors (Lipinski definition) is 5. The third-order valence-corrected chi connectivity index (χ3v) is 5.36. The van der Waals surface area contributed by atoms with Crippen molar-refractivity contribution in [1.82, 2.24) is 4.90 Å². The molecule has 5 nitrogen and oxygen atoms in total. The highest BCUT2D eigenvalue weighted by Crippen LogP contribution is 2.24. The molecule has 1 aromatic heterocycles. The van der Waals surface area contributed by atoms with Gasteiger partial charge in [0, 0.05) is 36.6 Å². The maximum Gasteiger partial charge on any atom is 0.289 e. The van der Waals surface area contributed by atoms with Gasteiger partial charge in [-0.05, 0) is 43.4 Å². The summed E-state index contributed by atoms with van der Waals surface area (Å²) in [6, 6.07) is 11.1. The second-order valence-electron chi connectivity index (χ2n) is 6.38. The van der Waals surface area contributed by atoms with Gasteiger partial charge in [0.25, 0.3) is 5.91 Å². The summed E-state index contributed by atoms with van der Waals surface area (Å²) in [5.41, 5.74) is 0.711. The molecule has 0 unspecified atom stereocenters. The second kappa shape index (κ2) is 8.56. The van der Waals surface area contributed by atoms with Crippen molar-refractivity contribution in [1.29, 1.82) is 0 Å². The van der Waals surface area contributed by atoms with Crippen LogP contribution in [0, 0.1) is 5.92 Å².